The van der Waals surface area contributed by atoms with E-state index in [1.165, 1.54) is 4.90 Å². The van der Waals surface area contributed by atoms with Gasteiger partial charge in [0.25, 0.3) is 11.7 Å². The molecule has 2 aliphatic heterocycles. The Kier molecular flexibility index (Phi) is 5.55. The molecule has 1 saturated heterocycles. The van der Waals surface area contributed by atoms with Gasteiger partial charge in [0, 0.05) is 30.9 Å². The second-order valence-corrected chi connectivity index (χ2v) is 7.62. The maximum Gasteiger partial charge on any atom is 0.295 e. The molecule has 1 fully saturated rings. The summed E-state index contributed by atoms with van der Waals surface area (Å²) in [4.78, 5) is 31.4. The van der Waals surface area contributed by atoms with E-state index in [9.17, 15) is 14.7 Å². The minimum atomic E-state index is -0.723. The predicted octanol–water partition coefficient (Wildman–Crippen LogP) is 2.86. The molecule has 1 aromatic carbocycles. The molecule has 1 atom stereocenters. The fraction of sp³-hybridized carbons (Fsp3) is 0.348. The number of hydrogen-bond donors (Lipinski definition) is 1. The van der Waals surface area contributed by atoms with E-state index in [0.717, 1.165) is 17.7 Å². The van der Waals surface area contributed by atoms with Crippen molar-refractivity contribution < 1.29 is 24.2 Å². The van der Waals surface area contributed by atoms with Crippen LogP contribution in [0.1, 0.15) is 36.6 Å². The van der Waals surface area contributed by atoms with Crippen LogP contribution in [0, 0.1) is 0 Å². The van der Waals surface area contributed by atoms with E-state index < -0.39 is 17.7 Å². The van der Waals surface area contributed by atoms with Gasteiger partial charge in [-0.15, -0.1) is 0 Å². The highest BCUT2D eigenvalue weighted by Crippen LogP contribution is 2.39. The van der Waals surface area contributed by atoms with Crippen LogP contribution in [0.25, 0.3) is 5.76 Å². The van der Waals surface area contributed by atoms with Crippen LogP contribution in [0.2, 0.25) is 0 Å². The van der Waals surface area contributed by atoms with Gasteiger partial charge in [0.1, 0.15) is 11.5 Å². The second-order valence-electron chi connectivity index (χ2n) is 7.62. The number of aliphatic hydroxyl groups excluding tert-OH is 1. The molecule has 3 heterocycles. The van der Waals surface area contributed by atoms with Crippen LogP contribution in [-0.2, 0) is 20.7 Å². The van der Waals surface area contributed by atoms with Gasteiger partial charge in [-0.05, 0) is 49.2 Å². The van der Waals surface area contributed by atoms with E-state index in [2.05, 4.69) is 4.98 Å². The molecule has 1 N–H and O–H groups in total. The highest BCUT2D eigenvalue weighted by atomic mass is 16.5. The van der Waals surface area contributed by atoms with Crippen molar-refractivity contribution in [2.24, 2.45) is 0 Å². The minimum Gasteiger partial charge on any atom is -0.507 e. The van der Waals surface area contributed by atoms with Crippen LogP contribution in [0.4, 0.5) is 0 Å². The monoisotopic (exact) mass is 408 g/mol. The molecule has 0 aliphatic carbocycles. The molecule has 7 heteroatoms. The molecule has 30 heavy (non-hydrogen) atoms. The number of fused-ring (bicyclic) bond motifs is 1. The number of carbonyl (C=O) groups excluding carboxylic acids is 2. The van der Waals surface area contributed by atoms with Crippen LogP contribution in [0.5, 0.6) is 5.75 Å². The normalized spacial score (nSPS) is 20.0. The molecule has 156 valence electrons. The Morgan fingerprint density at radius 2 is 2.17 bits per heavy atom. The van der Waals surface area contributed by atoms with E-state index in [4.69, 9.17) is 9.47 Å². The van der Waals surface area contributed by atoms with E-state index in [0.29, 0.717) is 17.7 Å². The Hall–Kier alpha value is -3.19. The first-order valence-corrected chi connectivity index (χ1v) is 10.0. The predicted molar refractivity (Wildman–Crippen MR) is 110 cm³/mol. The van der Waals surface area contributed by atoms with Crippen molar-refractivity contribution >= 4 is 17.4 Å². The van der Waals surface area contributed by atoms with Gasteiger partial charge in [-0.25, -0.2) is 0 Å². The maximum absolute atomic E-state index is 13.0. The highest BCUT2D eigenvalue weighted by Gasteiger charge is 2.46. The van der Waals surface area contributed by atoms with E-state index in [-0.39, 0.29) is 30.6 Å². The standard InChI is InChI=1S/C23H24N2O5/c1-14(2)29-11-9-25-20(17-4-3-8-24-13-17)19(22(27)23(25)28)21(26)16-5-6-18-15(12-16)7-10-30-18/h3-6,8,12-14,20,26H,7,9-11H2,1-2H3/b21-19-. The summed E-state index contributed by atoms with van der Waals surface area (Å²) in [5.41, 5.74) is 2.19. The SMILES string of the molecule is CC(C)OCCN1C(=O)C(=O)/C(=C(\O)c2ccc3c(c2)CCO3)C1c1cccnc1. The number of likely N-dealkylation sites (tertiary alicyclic amines) is 1. The smallest absolute Gasteiger partial charge is 0.295 e. The highest BCUT2D eigenvalue weighted by molar-refractivity contribution is 6.46. The lowest BCUT2D eigenvalue weighted by molar-refractivity contribution is -0.140. The van der Waals surface area contributed by atoms with Gasteiger partial charge in [-0.2, -0.15) is 0 Å². The number of hydrogen-bond acceptors (Lipinski definition) is 6. The van der Waals surface area contributed by atoms with Crippen LogP contribution < -0.4 is 4.74 Å². The lowest BCUT2D eigenvalue weighted by atomic mass is 9.95. The second kappa shape index (κ2) is 8.28. The summed E-state index contributed by atoms with van der Waals surface area (Å²) >= 11 is 0. The van der Waals surface area contributed by atoms with Crippen molar-refractivity contribution in [3.8, 4) is 5.75 Å². The topological polar surface area (TPSA) is 89.0 Å². The van der Waals surface area contributed by atoms with Crippen molar-refractivity contribution in [1.29, 1.82) is 0 Å². The lowest BCUT2D eigenvalue weighted by Gasteiger charge is -2.25. The van der Waals surface area contributed by atoms with Crippen molar-refractivity contribution in [1.82, 2.24) is 9.88 Å². The number of benzene rings is 1. The summed E-state index contributed by atoms with van der Waals surface area (Å²) in [6, 6.07) is 8.11. The van der Waals surface area contributed by atoms with Crippen molar-refractivity contribution in [3.05, 3.63) is 65.0 Å². The van der Waals surface area contributed by atoms with Crippen molar-refractivity contribution in [3.63, 3.8) is 0 Å². The number of ketones is 1. The largest absolute Gasteiger partial charge is 0.507 e. The third-order valence-electron chi connectivity index (χ3n) is 5.29. The molecule has 0 bridgehead atoms. The molecular weight excluding hydrogens is 384 g/mol. The average Bonchev–Trinajstić information content (AvgIpc) is 3.31. The fourth-order valence-electron chi connectivity index (χ4n) is 3.87. The van der Waals surface area contributed by atoms with Crippen LogP contribution in [0.3, 0.4) is 0 Å². The first-order valence-electron chi connectivity index (χ1n) is 10.0. The summed E-state index contributed by atoms with van der Waals surface area (Å²) in [6.45, 7) is 4.93. The number of pyridine rings is 1. The number of carbonyl (C=O) groups is 2. The van der Waals surface area contributed by atoms with Gasteiger partial charge in [0.05, 0.1) is 30.9 Å². The first-order chi connectivity index (χ1) is 14.5. The molecular formula is C23H24N2O5. The summed E-state index contributed by atoms with van der Waals surface area (Å²) in [7, 11) is 0. The third-order valence-corrected chi connectivity index (χ3v) is 5.29. The zero-order valence-corrected chi connectivity index (χ0v) is 17.0. The Bertz CT molecular complexity index is 1000. The van der Waals surface area contributed by atoms with Crippen molar-refractivity contribution in [2.75, 3.05) is 19.8 Å². The van der Waals surface area contributed by atoms with E-state index in [1.807, 2.05) is 19.9 Å². The molecule has 7 nitrogen and oxygen atoms in total. The molecule has 1 unspecified atom stereocenters. The molecule has 1 amide bonds. The Morgan fingerprint density at radius 3 is 2.90 bits per heavy atom. The van der Waals surface area contributed by atoms with Gasteiger partial charge >= 0.3 is 0 Å². The number of nitrogens with zero attached hydrogens (tertiary/aromatic N) is 2. The number of rotatable bonds is 6. The summed E-state index contributed by atoms with van der Waals surface area (Å²) < 4.78 is 11.1. The zero-order valence-electron chi connectivity index (χ0n) is 17.0. The average molecular weight is 408 g/mol. The van der Waals surface area contributed by atoms with E-state index in [1.54, 1.807) is 36.7 Å². The van der Waals surface area contributed by atoms with Gasteiger partial charge in [-0.1, -0.05) is 6.07 Å². The maximum atomic E-state index is 13.0. The molecule has 0 spiro atoms. The number of amides is 1. The summed E-state index contributed by atoms with van der Waals surface area (Å²) in [5, 5.41) is 11.1. The first kappa shape index (κ1) is 20.1. The summed E-state index contributed by atoms with van der Waals surface area (Å²) in [5.74, 6) is -0.768. The van der Waals surface area contributed by atoms with Gasteiger partial charge in [-0.3, -0.25) is 14.6 Å². The fourth-order valence-corrected chi connectivity index (χ4v) is 3.87. The number of aliphatic hydroxyl groups is 1. The Labute approximate surface area is 174 Å². The quantitative estimate of drug-likeness (QED) is 0.449. The van der Waals surface area contributed by atoms with Gasteiger partial charge in [0.15, 0.2) is 0 Å². The van der Waals surface area contributed by atoms with Crippen molar-refractivity contribution in [2.45, 2.75) is 32.4 Å². The number of ether oxygens (including phenoxy) is 2. The Balaban J connectivity index is 1.77. The molecule has 1 aromatic heterocycles. The van der Waals surface area contributed by atoms with Gasteiger partial charge in [0.2, 0.25) is 0 Å². The molecule has 4 rings (SSSR count). The lowest BCUT2D eigenvalue weighted by Crippen LogP contribution is -2.33. The third kappa shape index (κ3) is 3.68. The van der Waals surface area contributed by atoms with E-state index >= 15 is 0 Å². The van der Waals surface area contributed by atoms with Crippen LogP contribution in [-0.4, -0.2) is 52.5 Å². The zero-order chi connectivity index (χ0) is 21.3. The number of aromatic nitrogens is 1. The summed E-state index contributed by atoms with van der Waals surface area (Å²) in [6.07, 6.45) is 3.98. The minimum absolute atomic E-state index is 0.00676. The Morgan fingerprint density at radius 1 is 1.33 bits per heavy atom. The molecule has 0 radical (unpaired) electrons. The van der Waals surface area contributed by atoms with Gasteiger partial charge < -0.3 is 19.5 Å². The number of Topliss-reactive ketones (excluding diaryl/α,β-unsaturated/α-hetero) is 1. The van der Waals surface area contributed by atoms with Crippen LogP contribution in [0.15, 0.2) is 48.3 Å². The molecule has 2 aromatic rings. The molecule has 2 aliphatic rings. The van der Waals surface area contributed by atoms with Crippen LogP contribution >= 0.6 is 0 Å². The molecule has 0 saturated carbocycles.